The van der Waals surface area contributed by atoms with E-state index < -0.39 is 40.8 Å². The largest absolute Gasteiger partial charge is 0.372 e. The second kappa shape index (κ2) is 6.35. The average Bonchev–Trinajstić information content (AvgIpc) is 2.49. The lowest BCUT2D eigenvalue weighted by Crippen LogP contribution is -2.28. The molecule has 0 radical (unpaired) electrons. The first-order valence-electron chi connectivity index (χ1n) is 5.96. The van der Waals surface area contributed by atoms with Crippen molar-refractivity contribution in [2.75, 3.05) is 0 Å². The number of pyridine rings is 1. The molecule has 114 valence electrons. The molecule has 0 bridgehead atoms. The Balaban J connectivity index is 2.53. The molecule has 0 fully saturated rings. The maximum atomic E-state index is 13.8. The highest BCUT2D eigenvalue weighted by atomic mass is 19.1. The molecule has 0 amide bonds. The predicted octanol–water partition coefficient (Wildman–Crippen LogP) is 1.88. The van der Waals surface area contributed by atoms with Gasteiger partial charge in [-0.15, -0.1) is 0 Å². The third kappa shape index (κ3) is 2.96. The zero-order chi connectivity index (χ0) is 16.3. The van der Waals surface area contributed by atoms with Crippen molar-refractivity contribution in [3.63, 3.8) is 0 Å². The first kappa shape index (κ1) is 15.6. The van der Waals surface area contributed by atoms with Gasteiger partial charge < -0.3 is 4.84 Å². The van der Waals surface area contributed by atoms with Crippen molar-refractivity contribution < 1.29 is 27.6 Å². The number of carbonyl (C=O) groups is 2. The molecule has 0 aliphatic carbocycles. The van der Waals surface area contributed by atoms with Crippen molar-refractivity contribution in [2.24, 2.45) is 5.90 Å². The molecule has 0 saturated heterocycles. The fourth-order valence-electron chi connectivity index (χ4n) is 1.89. The summed E-state index contributed by atoms with van der Waals surface area (Å²) in [6.07, 6.45) is 0.600. The van der Waals surface area contributed by atoms with Crippen LogP contribution in [0.1, 0.15) is 22.0 Å². The van der Waals surface area contributed by atoms with Crippen LogP contribution < -0.4 is 5.90 Å². The lowest BCUT2D eigenvalue weighted by atomic mass is 9.92. The molecular formula is C14H9F3N2O3. The van der Waals surface area contributed by atoms with Crippen LogP contribution in [0, 0.1) is 17.5 Å². The minimum absolute atomic E-state index is 0.353. The van der Waals surface area contributed by atoms with Gasteiger partial charge in [0.1, 0.15) is 17.3 Å². The van der Waals surface area contributed by atoms with Gasteiger partial charge in [-0.1, -0.05) is 18.2 Å². The summed E-state index contributed by atoms with van der Waals surface area (Å²) in [6, 6.07) is 5.29. The number of Topliss-reactive ketones (excluding diaryl/α,β-unsaturated/α-hetero) is 1. The van der Waals surface area contributed by atoms with E-state index in [2.05, 4.69) is 9.82 Å². The van der Waals surface area contributed by atoms with Crippen molar-refractivity contribution >= 4 is 11.8 Å². The third-order valence-electron chi connectivity index (χ3n) is 2.87. The van der Waals surface area contributed by atoms with Crippen molar-refractivity contribution in [3.8, 4) is 0 Å². The van der Waals surface area contributed by atoms with Gasteiger partial charge in [-0.3, -0.25) is 4.79 Å². The van der Waals surface area contributed by atoms with E-state index in [0.717, 1.165) is 12.1 Å². The Labute approximate surface area is 122 Å². The lowest BCUT2D eigenvalue weighted by Gasteiger charge is -2.14. The quantitative estimate of drug-likeness (QED) is 0.530. The Morgan fingerprint density at radius 3 is 2.41 bits per heavy atom. The number of nitrogens with zero attached hydrogens (tertiary/aromatic N) is 1. The monoisotopic (exact) mass is 310 g/mol. The van der Waals surface area contributed by atoms with Gasteiger partial charge in [0.15, 0.2) is 11.7 Å². The van der Waals surface area contributed by atoms with Gasteiger partial charge in [-0.2, -0.15) is 5.90 Å². The average molecular weight is 310 g/mol. The second-order valence-electron chi connectivity index (χ2n) is 4.24. The molecular weight excluding hydrogens is 301 g/mol. The first-order chi connectivity index (χ1) is 10.5. The summed E-state index contributed by atoms with van der Waals surface area (Å²) in [5.74, 6) is -2.76. The van der Waals surface area contributed by atoms with E-state index in [9.17, 15) is 22.8 Å². The van der Waals surface area contributed by atoms with Gasteiger partial charge in [0.25, 0.3) is 0 Å². The topological polar surface area (TPSA) is 82.3 Å². The van der Waals surface area contributed by atoms with Crippen LogP contribution in [-0.2, 0) is 9.63 Å². The fourth-order valence-corrected chi connectivity index (χ4v) is 1.89. The van der Waals surface area contributed by atoms with Crippen molar-refractivity contribution in [3.05, 3.63) is 65.2 Å². The molecule has 5 nitrogen and oxygen atoms in total. The molecule has 2 aromatic rings. The number of carbonyl (C=O) groups excluding carboxylic acids is 2. The maximum Gasteiger partial charge on any atom is 0.340 e. The summed E-state index contributed by atoms with van der Waals surface area (Å²) in [4.78, 5) is 31.3. The number of aromatic nitrogens is 1. The fraction of sp³-hybridized carbons (Fsp3) is 0.0714. The van der Waals surface area contributed by atoms with Crippen LogP contribution in [0.25, 0.3) is 0 Å². The number of rotatable bonds is 4. The SMILES string of the molecule is NOC(=O)C(C(=O)c1ncc(F)cc1F)c1ccccc1F. The zero-order valence-corrected chi connectivity index (χ0v) is 10.9. The molecule has 0 spiro atoms. The highest BCUT2D eigenvalue weighted by Crippen LogP contribution is 2.25. The van der Waals surface area contributed by atoms with E-state index >= 15 is 0 Å². The third-order valence-corrected chi connectivity index (χ3v) is 2.87. The van der Waals surface area contributed by atoms with Crippen LogP contribution in [0.4, 0.5) is 13.2 Å². The molecule has 0 saturated carbocycles. The van der Waals surface area contributed by atoms with E-state index in [0.29, 0.717) is 12.3 Å². The molecule has 1 atom stereocenters. The Bertz CT molecular complexity index is 737. The molecule has 0 aliphatic heterocycles. The second-order valence-corrected chi connectivity index (χ2v) is 4.24. The summed E-state index contributed by atoms with van der Waals surface area (Å²) >= 11 is 0. The van der Waals surface area contributed by atoms with Crippen molar-refractivity contribution in [1.82, 2.24) is 4.98 Å². The van der Waals surface area contributed by atoms with Gasteiger partial charge in [0, 0.05) is 11.6 Å². The number of benzene rings is 1. The molecule has 1 unspecified atom stereocenters. The molecule has 0 aliphatic rings. The Kier molecular flexibility index (Phi) is 4.52. The minimum atomic E-state index is -1.85. The number of halogens is 3. The number of nitrogens with two attached hydrogens (primary N) is 1. The summed E-state index contributed by atoms with van der Waals surface area (Å²) in [5.41, 5.74) is -1.17. The molecule has 1 aromatic carbocycles. The zero-order valence-electron chi connectivity index (χ0n) is 10.9. The molecule has 2 N–H and O–H groups in total. The first-order valence-corrected chi connectivity index (χ1v) is 5.96. The van der Waals surface area contributed by atoms with E-state index in [1.165, 1.54) is 12.1 Å². The Hall–Kier alpha value is -2.74. The number of hydrogen-bond acceptors (Lipinski definition) is 5. The molecule has 2 rings (SSSR count). The summed E-state index contributed by atoms with van der Waals surface area (Å²) in [6.45, 7) is 0. The van der Waals surface area contributed by atoms with E-state index in [-0.39, 0.29) is 5.56 Å². The summed E-state index contributed by atoms with van der Waals surface area (Å²) in [7, 11) is 0. The van der Waals surface area contributed by atoms with Gasteiger partial charge >= 0.3 is 5.97 Å². The Morgan fingerprint density at radius 2 is 1.82 bits per heavy atom. The Morgan fingerprint density at radius 1 is 1.14 bits per heavy atom. The van der Waals surface area contributed by atoms with Crippen LogP contribution in [0.2, 0.25) is 0 Å². The maximum absolute atomic E-state index is 13.8. The highest BCUT2D eigenvalue weighted by Gasteiger charge is 2.35. The smallest absolute Gasteiger partial charge is 0.340 e. The van der Waals surface area contributed by atoms with Crippen LogP contribution in [0.3, 0.4) is 0 Å². The number of ketones is 1. The van der Waals surface area contributed by atoms with E-state index in [4.69, 9.17) is 5.90 Å². The van der Waals surface area contributed by atoms with Gasteiger partial charge in [-0.25, -0.2) is 22.9 Å². The van der Waals surface area contributed by atoms with Crippen LogP contribution in [0.15, 0.2) is 36.5 Å². The lowest BCUT2D eigenvalue weighted by molar-refractivity contribution is -0.144. The molecule has 8 heteroatoms. The van der Waals surface area contributed by atoms with E-state index in [1.807, 2.05) is 0 Å². The predicted molar refractivity (Wildman–Crippen MR) is 67.9 cm³/mol. The van der Waals surface area contributed by atoms with Gasteiger partial charge in [0.05, 0.1) is 6.20 Å². The highest BCUT2D eigenvalue weighted by molar-refractivity contribution is 6.12. The van der Waals surface area contributed by atoms with Crippen LogP contribution in [0.5, 0.6) is 0 Å². The molecule has 22 heavy (non-hydrogen) atoms. The van der Waals surface area contributed by atoms with Gasteiger partial charge in [0.2, 0.25) is 5.78 Å². The van der Waals surface area contributed by atoms with Crippen LogP contribution in [-0.4, -0.2) is 16.7 Å². The van der Waals surface area contributed by atoms with Crippen LogP contribution >= 0.6 is 0 Å². The van der Waals surface area contributed by atoms with Crippen molar-refractivity contribution in [1.29, 1.82) is 0 Å². The van der Waals surface area contributed by atoms with E-state index in [1.54, 1.807) is 0 Å². The molecule has 1 heterocycles. The molecule has 1 aromatic heterocycles. The summed E-state index contributed by atoms with van der Waals surface area (Å²) in [5, 5.41) is 0. The van der Waals surface area contributed by atoms with Gasteiger partial charge in [-0.05, 0) is 6.07 Å². The normalized spacial score (nSPS) is 11.8. The van der Waals surface area contributed by atoms with Crippen molar-refractivity contribution in [2.45, 2.75) is 5.92 Å². The number of hydrogen-bond donors (Lipinski definition) is 1. The standard InChI is InChI=1S/C14H9F3N2O3/c15-7-5-10(17)12(19-6-7)13(20)11(14(21)22-18)8-3-1-2-4-9(8)16/h1-6,11H,18H2. The summed E-state index contributed by atoms with van der Waals surface area (Å²) < 4.78 is 40.3. The minimum Gasteiger partial charge on any atom is -0.372 e.